The van der Waals surface area contributed by atoms with Crippen LogP contribution in [0.25, 0.3) is 0 Å². The summed E-state index contributed by atoms with van der Waals surface area (Å²) in [5.74, 6) is -1.66. The second-order valence-electron chi connectivity index (χ2n) is 4.41. The Labute approximate surface area is 110 Å². The van der Waals surface area contributed by atoms with E-state index in [1.54, 1.807) is 0 Å². The van der Waals surface area contributed by atoms with E-state index < -0.39 is 12.1 Å². The summed E-state index contributed by atoms with van der Waals surface area (Å²) in [5, 5.41) is 11.2. The highest BCUT2D eigenvalue weighted by Gasteiger charge is 2.26. The third kappa shape index (κ3) is 4.40. The molecule has 1 heterocycles. The molecule has 0 aromatic heterocycles. The molecule has 1 rings (SSSR count). The van der Waals surface area contributed by atoms with Crippen molar-refractivity contribution in [2.45, 2.75) is 18.9 Å². The minimum atomic E-state index is -1.13. The highest BCUT2D eigenvalue weighted by molar-refractivity contribution is 5.79. The van der Waals surface area contributed by atoms with Crippen molar-refractivity contribution < 1.29 is 24.2 Å². The van der Waals surface area contributed by atoms with Gasteiger partial charge >= 0.3 is 12.0 Å². The normalized spacial score (nSPS) is 17.8. The van der Waals surface area contributed by atoms with E-state index in [9.17, 15) is 14.4 Å². The third-order valence-electron chi connectivity index (χ3n) is 3.18. The maximum atomic E-state index is 11.8. The summed E-state index contributed by atoms with van der Waals surface area (Å²) in [6.07, 6.45) is 0.0113. The number of aliphatic carboxylic acids is 1. The minimum Gasteiger partial charge on any atom is -0.479 e. The number of methoxy groups -OCH3 is 1. The number of carboxylic acid groups (broad SMARTS) is 1. The minimum absolute atomic E-state index is 0.0968. The topological polar surface area (TPSA) is 122 Å². The summed E-state index contributed by atoms with van der Waals surface area (Å²) < 4.78 is 4.70. The van der Waals surface area contributed by atoms with Crippen LogP contribution in [-0.4, -0.2) is 60.8 Å². The molecule has 108 valence electrons. The van der Waals surface area contributed by atoms with Gasteiger partial charge in [-0.2, -0.15) is 0 Å². The second-order valence-corrected chi connectivity index (χ2v) is 4.41. The van der Waals surface area contributed by atoms with Gasteiger partial charge in [-0.3, -0.25) is 4.79 Å². The van der Waals surface area contributed by atoms with Gasteiger partial charge in [-0.05, 0) is 12.8 Å². The lowest BCUT2D eigenvalue weighted by Gasteiger charge is -2.30. The number of carbonyl (C=O) groups is 3. The van der Waals surface area contributed by atoms with E-state index in [0.717, 1.165) is 0 Å². The van der Waals surface area contributed by atoms with Gasteiger partial charge < -0.3 is 25.8 Å². The fraction of sp³-hybridized carbons (Fsp3) is 0.727. The Kier molecular flexibility index (Phi) is 5.56. The van der Waals surface area contributed by atoms with Gasteiger partial charge in [0.05, 0.1) is 6.54 Å². The number of likely N-dealkylation sites (tertiary alicyclic amines) is 1. The Morgan fingerprint density at radius 2 is 2.00 bits per heavy atom. The molecule has 0 aromatic rings. The van der Waals surface area contributed by atoms with Crippen molar-refractivity contribution in [1.82, 2.24) is 10.2 Å². The summed E-state index contributed by atoms with van der Waals surface area (Å²) in [6, 6.07) is -0.355. The molecule has 1 aliphatic rings. The molecule has 1 unspecified atom stereocenters. The van der Waals surface area contributed by atoms with Gasteiger partial charge in [0.2, 0.25) is 5.91 Å². The number of piperidine rings is 1. The van der Waals surface area contributed by atoms with Crippen LogP contribution < -0.4 is 11.1 Å². The average molecular weight is 273 g/mol. The molecule has 1 atom stereocenters. The molecule has 1 fully saturated rings. The second kappa shape index (κ2) is 6.93. The van der Waals surface area contributed by atoms with Crippen LogP contribution in [0.4, 0.5) is 4.79 Å². The molecular formula is C11H19N3O5. The largest absolute Gasteiger partial charge is 0.479 e. The zero-order chi connectivity index (χ0) is 14.4. The van der Waals surface area contributed by atoms with E-state index in [4.69, 9.17) is 15.6 Å². The summed E-state index contributed by atoms with van der Waals surface area (Å²) in [7, 11) is 1.27. The number of urea groups is 1. The molecule has 3 amide bonds. The zero-order valence-corrected chi connectivity index (χ0v) is 10.8. The van der Waals surface area contributed by atoms with Crippen LogP contribution in [0, 0.1) is 5.92 Å². The number of hydrogen-bond acceptors (Lipinski definition) is 4. The third-order valence-corrected chi connectivity index (χ3v) is 3.18. The van der Waals surface area contributed by atoms with Crippen molar-refractivity contribution in [1.29, 1.82) is 0 Å². The number of carbonyl (C=O) groups excluding carboxylic acids is 2. The molecule has 8 heteroatoms. The standard InChI is InChI=1S/C11H19N3O5/c1-19-8(10(16)17)6-13-11(18)14-4-2-7(3-5-14)9(12)15/h7-8H,2-6H2,1H3,(H2,12,15)(H,13,18)(H,16,17). The van der Waals surface area contributed by atoms with E-state index in [1.807, 2.05) is 0 Å². The van der Waals surface area contributed by atoms with Gasteiger partial charge in [0.15, 0.2) is 6.10 Å². The lowest BCUT2D eigenvalue weighted by molar-refractivity contribution is -0.148. The molecule has 0 aromatic carbocycles. The van der Waals surface area contributed by atoms with E-state index in [1.165, 1.54) is 12.0 Å². The highest BCUT2D eigenvalue weighted by Crippen LogP contribution is 2.16. The lowest BCUT2D eigenvalue weighted by Crippen LogP contribution is -2.48. The number of ether oxygens (including phenoxy) is 1. The quantitative estimate of drug-likeness (QED) is 0.592. The van der Waals surface area contributed by atoms with Crippen molar-refractivity contribution in [2.24, 2.45) is 11.7 Å². The molecule has 0 radical (unpaired) electrons. The number of rotatable bonds is 5. The Bertz CT molecular complexity index is 352. The molecular weight excluding hydrogens is 254 g/mol. The smallest absolute Gasteiger partial charge is 0.334 e. The SMILES string of the molecule is COC(CNC(=O)N1CCC(C(N)=O)CC1)C(=O)O. The van der Waals surface area contributed by atoms with Crippen LogP contribution in [0.2, 0.25) is 0 Å². The van der Waals surface area contributed by atoms with Crippen molar-refractivity contribution in [3.63, 3.8) is 0 Å². The Hall–Kier alpha value is -1.83. The van der Waals surface area contributed by atoms with E-state index in [-0.39, 0.29) is 24.4 Å². The number of nitrogens with two attached hydrogens (primary N) is 1. The monoisotopic (exact) mass is 273 g/mol. The molecule has 8 nitrogen and oxygen atoms in total. The molecule has 19 heavy (non-hydrogen) atoms. The summed E-state index contributed by atoms with van der Waals surface area (Å²) >= 11 is 0. The summed E-state index contributed by atoms with van der Waals surface area (Å²) in [5.41, 5.74) is 5.20. The average Bonchev–Trinajstić information content (AvgIpc) is 2.38. The van der Waals surface area contributed by atoms with Gasteiger partial charge in [-0.1, -0.05) is 0 Å². The predicted octanol–water partition coefficient (Wildman–Crippen LogP) is -1.01. The lowest BCUT2D eigenvalue weighted by atomic mass is 9.96. The van der Waals surface area contributed by atoms with Crippen LogP contribution in [-0.2, 0) is 14.3 Å². The fourth-order valence-electron chi connectivity index (χ4n) is 1.93. The van der Waals surface area contributed by atoms with Crippen LogP contribution in [0.5, 0.6) is 0 Å². The molecule has 1 saturated heterocycles. The Morgan fingerprint density at radius 3 is 2.42 bits per heavy atom. The summed E-state index contributed by atoms with van der Waals surface area (Å²) in [4.78, 5) is 35.0. The van der Waals surface area contributed by atoms with E-state index in [0.29, 0.717) is 25.9 Å². The molecule has 4 N–H and O–H groups in total. The fourth-order valence-corrected chi connectivity index (χ4v) is 1.93. The van der Waals surface area contributed by atoms with Gasteiger partial charge in [0.1, 0.15) is 0 Å². The molecule has 1 aliphatic heterocycles. The first-order valence-electron chi connectivity index (χ1n) is 6.03. The maximum Gasteiger partial charge on any atom is 0.334 e. The highest BCUT2D eigenvalue weighted by atomic mass is 16.5. The van der Waals surface area contributed by atoms with E-state index >= 15 is 0 Å². The number of amides is 3. The van der Waals surface area contributed by atoms with Gasteiger partial charge in [0, 0.05) is 26.1 Å². The first-order valence-corrected chi connectivity index (χ1v) is 6.03. The van der Waals surface area contributed by atoms with Crippen LogP contribution >= 0.6 is 0 Å². The van der Waals surface area contributed by atoms with Gasteiger partial charge in [0.25, 0.3) is 0 Å². The van der Waals surface area contributed by atoms with Crippen molar-refractivity contribution in [3.8, 4) is 0 Å². The number of nitrogens with one attached hydrogen (secondary N) is 1. The molecule has 0 saturated carbocycles. The Balaban J connectivity index is 2.35. The predicted molar refractivity (Wildman–Crippen MR) is 65.3 cm³/mol. The summed E-state index contributed by atoms with van der Waals surface area (Å²) in [6.45, 7) is 0.773. The number of carboxylic acids is 1. The molecule has 0 aliphatic carbocycles. The van der Waals surface area contributed by atoms with Crippen LogP contribution in [0.3, 0.4) is 0 Å². The molecule has 0 spiro atoms. The molecule has 0 bridgehead atoms. The first-order chi connectivity index (χ1) is 8.95. The van der Waals surface area contributed by atoms with Gasteiger partial charge in [-0.25, -0.2) is 9.59 Å². The van der Waals surface area contributed by atoms with Crippen molar-refractivity contribution >= 4 is 17.9 Å². The zero-order valence-electron chi connectivity index (χ0n) is 10.8. The van der Waals surface area contributed by atoms with Crippen molar-refractivity contribution in [3.05, 3.63) is 0 Å². The van der Waals surface area contributed by atoms with Crippen LogP contribution in [0.1, 0.15) is 12.8 Å². The first kappa shape index (κ1) is 15.2. The number of nitrogens with zero attached hydrogens (tertiary/aromatic N) is 1. The van der Waals surface area contributed by atoms with Gasteiger partial charge in [-0.15, -0.1) is 0 Å². The number of primary amides is 1. The van der Waals surface area contributed by atoms with E-state index in [2.05, 4.69) is 5.32 Å². The van der Waals surface area contributed by atoms with Crippen molar-refractivity contribution in [2.75, 3.05) is 26.7 Å². The maximum absolute atomic E-state index is 11.8. The Morgan fingerprint density at radius 1 is 1.42 bits per heavy atom. The van der Waals surface area contributed by atoms with Crippen LogP contribution in [0.15, 0.2) is 0 Å². The number of hydrogen-bond donors (Lipinski definition) is 3.